The topological polar surface area (TPSA) is 16.1 Å². The van der Waals surface area contributed by atoms with E-state index in [9.17, 15) is 4.39 Å². The maximum Gasteiger partial charge on any atom is 0.167 e. The van der Waals surface area contributed by atoms with Crippen LogP contribution in [0.4, 0.5) is 10.2 Å². The van der Waals surface area contributed by atoms with Crippen molar-refractivity contribution in [1.82, 2.24) is 4.98 Å². The lowest BCUT2D eigenvalue weighted by atomic mass is 10.2. The van der Waals surface area contributed by atoms with Gasteiger partial charge in [0.2, 0.25) is 0 Å². The van der Waals surface area contributed by atoms with E-state index in [1.54, 1.807) is 0 Å². The van der Waals surface area contributed by atoms with Gasteiger partial charge in [-0.1, -0.05) is 11.6 Å². The van der Waals surface area contributed by atoms with Gasteiger partial charge in [0, 0.05) is 19.3 Å². The molecule has 12 heavy (non-hydrogen) atoms. The van der Waals surface area contributed by atoms with E-state index in [4.69, 9.17) is 11.6 Å². The zero-order chi connectivity index (χ0) is 8.55. The molecule has 0 radical (unpaired) electrons. The molecule has 2 nitrogen and oxygen atoms in total. The van der Waals surface area contributed by atoms with Crippen LogP contribution in [-0.4, -0.2) is 18.1 Å². The quantitative estimate of drug-likeness (QED) is 0.668. The highest BCUT2D eigenvalue weighted by atomic mass is 35.5. The average Bonchev–Trinajstić information content (AvgIpc) is 1.91. The first kappa shape index (κ1) is 7.80. The van der Waals surface area contributed by atoms with Gasteiger partial charge in [-0.3, -0.25) is 0 Å². The molecule has 2 rings (SSSR count). The van der Waals surface area contributed by atoms with E-state index in [1.165, 1.54) is 12.3 Å². The number of hydrogen-bond donors (Lipinski definition) is 0. The normalized spacial score (nSPS) is 16.0. The van der Waals surface area contributed by atoms with Gasteiger partial charge in [0.1, 0.15) is 0 Å². The van der Waals surface area contributed by atoms with Crippen LogP contribution in [0.15, 0.2) is 12.3 Å². The highest BCUT2D eigenvalue weighted by molar-refractivity contribution is 6.30. The highest BCUT2D eigenvalue weighted by Gasteiger charge is 2.19. The largest absolute Gasteiger partial charge is 0.354 e. The Bertz CT molecular complexity index is 299. The lowest BCUT2D eigenvalue weighted by Crippen LogP contribution is -2.38. The molecular weight excluding hydrogens is 179 g/mol. The van der Waals surface area contributed by atoms with E-state index in [-0.39, 0.29) is 5.82 Å². The first-order valence-corrected chi connectivity index (χ1v) is 4.21. The molecule has 0 aromatic carbocycles. The van der Waals surface area contributed by atoms with E-state index in [0.29, 0.717) is 10.8 Å². The lowest BCUT2D eigenvalue weighted by Gasteiger charge is -2.32. The molecule has 1 aromatic rings. The van der Waals surface area contributed by atoms with E-state index in [0.717, 1.165) is 19.5 Å². The second-order valence-corrected chi connectivity index (χ2v) is 3.24. The van der Waals surface area contributed by atoms with E-state index in [2.05, 4.69) is 4.98 Å². The molecule has 1 aromatic heterocycles. The molecule has 0 aliphatic carbocycles. The van der Waals surface area contributed by atoms with Crippen molar-refractivity contribution in [2.24, 2.45) is 0 Å². The van der Waals surface area contributed by atoms with Crippen LogP contribution in [-0.2, 0) is 0 Å². The Labute approximate surface area is 75.0 Å². The minimum atomic E-state index is -0.331. The Morgan fingerprint density at radius 2 is 2.25 bits per heavy atom. The Morgan fingerprint density at radius 1 is 1.50 bits per heavy atom. The van der Waals surface area contributed by atoms with Crippen molar-refractivity contribution >= 4 is 17.4 Å². The van der Waals surface area contributed by atoms with Gasteiger partial charge in [0.15, 0.2) is 11.6 Å². The second-order valence-electron chi connectivity index (χ2n) is 2.80. The van der Waals surface area contributed by atoms with Crippen molar-refractivity contribution in [3.63, 3.8) is 0 Å². The molecule has 0 saturated carbocycles. The van der Waals surface area contributed by atoms with Gasteiger partial charge in [-0.15, -0.1) is 0 Å². The fraction of sp³-hybridized carbons (Fsp3) is 0.375. The van der Waals surface area contributed by atoms with Crippen LogP contribution in [0, 0.1) is 5.82 Å². The number of hydrogen-bond acceptors (Lipinski definition) is 2. The van der Waals surface area contributed by atoms with Gasteiger partial charge in [0.05, 0.1) is 5.02 Å². The summed E-state index contributed by atoms with van der Waals surface area (Å²) in [5.74, 6) is 0.0906. The predicted octanol–water partition coefficient (Wildman–Crippen LogP) is 2.08. The second kappa shape index (κ2) is 2.90. The third-order valence-corrected chi connectivity index (χ3v) is 2.15. The van der Waals surface area contributed by atoms with Gasteiger partial charge >= 0.3 is 0 Å². The molecular formula is C8H8ClFN2. The summed E-state index contributed by atoms with van der Waals surface area (Å²) < 4.78 is 13.1. The molecule has 0 atom stereocenters. The molecule has 0 amide bonds. The summed E-state index contributed by atoms with van der Waals surface area (Å²) >= 11 is 5.56. The lowest BCUT2D eigenvalue weighted by molar-refractivity contribution is 0.563. The molecule has 4 heteroatoms. The van der Waals surface area contributed by atoms with E-state index in [1.807, 2.05) is 4.90 Å². The minimum absolute atomic E-state index is 0.331. The standard InChI is InChI=1S/C8H8ClFN2/c9-6-4-7(10)8(11-5-6)12-2-1-3-12/h4-5H,1-3H2. The number of anilines is 1. The third-order valence-electron chi connectivity index (χ3n) is 1.94. The molecule has 0 spiro atoms. The summed E-state index contributed by atoms with van der Waals surface area (Å²) in [4.78, 5) is 5.81. The van der Waals surface area contributed by atoms with E-state index < -0.39 is 0 Å². The van der Waals surface area contributed by atoms with Crippen molar-refractivity contribution in [3.05, 3.63) is 23.1 Å². The van der Waals surface area contributed by atoms with Crippen LogP contribution in [0.3, 0.4) is 0 Å². The summed E-state index contributed by atoms with van der Waals surface area (Å²) in [6, 6.07) is 1.29. The SMILES string of the molecule is Fc1cc(Cl)cnc1N1CCC1. The number of halogens is 2. The van der Waals surface area contributed by atoms with Gasteiger partial charge < -0.3 is 4.90 Å². The van der Waals surface area contributed by atoms with Crippen LogP contribution < -0.4 is 4.90 Å². The Hall–Kier alpha value is -0.830. The first-order chi connectivity index (χ1) is 5.77. The van der Waals surface area contributed by atoms with E-state index >= 15 is 0 Å². The van der Waals surface area contributed by atoms with Crippen molar-refractivity contribution in [2.75, 3.05) is 18.0 Å². The number of rotatable bonds is 1. The molecule has 64 valence electrons. The molecule has 1 fully saturated rings. The van der Waals surface area contributed by atoms with Crippen molar-refractivity contribution in [1.29, 1.82) is 0 Å². The minimum Gasteiger partial charge on any atom is -0.354 e. The number of pyridine rings is 1. The van der Waals surface area contributed by atoms with Gasteiger partial charge in [-0.2, -0.15) is 0 Å². The summed E-state index contributed by atoms with van der Waals surface area (Å²) in [6.45, 7) is 1.79. The van der Waals surface area contributed by atoms with Crippen molar-refractivity contribution < 1.29 is 4.39 Å². The maximum absolute atomic E-state index is 13.1. The maximum atomic E-state index is 13.1. The van der Waals surface area contributed by atoms with Crippen LogP contribution in [0.2, 0.25) is 5.02 Å². The summed E-state index contributed by atoms with van der Waals surface area (Å²) in [5.41, 5.74) is 0. The molecule has 1 aliphatic rings. The fourth-order valence-electron chi connectivity index (χ4n) is 1.17. The average molecular weight is 187 g/mol. The number of nitrogens with zero attached hydrogens (tertiary/aromatic N) is 2. The molecule has 2 heterocycles. The molecule has 0 N–H and O–H groups in total. The zero-order valence-electron chi connectivity index (χ0n) is 6.43. The Balaban J connectivity index is 2.31. The summed E-state index contributed by atoms with van der Waals surface area (Å²) in [7, 11) is 0. The predicted molar refractivity (Wildman–Crippen MR) is 46.0 cm³/mol. The van der Waals surface area contributed by atoms with Crippen LogP contribution in [0.25, 0.3) is 0 Å². The van der Waals surface area contributed by atoms with Crippen molar-refractivity contribution in [3.8, 4) is 0 Å². The summed E-state index contributed by atoms with van der Waals surface area (Å²) in [5, 5.41) is 0.344. The molecule has 0 unspecified atom stereocenters. The molecule has 1 saturated heterocycles. The highest BCUT2D eigenvalue weighted by Crippen LogP contribution is 2.23. The van der Waals surface area contributed by atoms with Gasteiger partial charge in [0.25, 0.3) is 0 Å². The molecule has 0 bridgehead atoms. The Morgan fingerprint density at radius 3 is 2.75 bits per heavy atom. The van der Waals surface area contributed by atoms with Crippen molar-refractivity contribution in [2.45, 2.75) is 6.42 Å². The van der Waals surface area contributed by atoms with Crippen LogP contribution >= 0.6 is 11.6 Å². The fourth-order valence-corrected chi connectivity index (χ4v) is 1.31. The Kier molecular flexibility index (Phi) is 1.89. The number of aromatic nitrogens is 1. The summed E-state index contributed by atoms with van der Waals surface area (Å²) in [6.07, 6.45) is 2.59. The monoisotopic (exact) mass is 186 g/mol. The smallest absolute Gasteiger partial charge is 0.167 e. The third kappa shape index (κ3) is 1.25. The molecule has 1 aliphatic heterocycles. The van der Waals surface area contributed by atoms with Crippen LogP contribution in [0.5, 0.6) is 0 Å². The first-order valence-electron chi connectivity index (χ1n) is 3.83. The van der Waals surface area contributed by atoms with Gasteiger partial charge in [-0.05, 0) is 12.5 Å². The zero-order valence-corrected chi connectivity index (χ0v) is 7.18. The van der Waals surface area contributed by atoms with Crippen LogP contribution in [0.1, 0.15) is 6.42 Å². The van der Waals surface area contributed by atoms with Gasteiger partial charge in [-0.25, -0.2) is 9.37 Å².